The first kappa shape index (κ1) is 19.3. The molecule has 0 atom stereocenters. The molecule has 0 aliphatic heterocycles. The highest BCUT2D eigenvalue weighted by molar-refractivity contribution is 5.81. The lowest BCUT2D eigenvalue weighted by Gasteiger charge is -2.04. The van der Waals surface area contributed by atoms with Crippen LogP contribution >= 0.6 is 0 Å². The fourth-order valence-electron chi connectivity index (χ4n) is 1.91. The average molecular weight is 374 g/mol. The van der Waals surface area contributed by atoms with E-state index < -0.39 is 27.2 Å². The van der Waals surface area contributed by atoms with Gasteiger partial charge in [-0.25, -0.2) is 4.79 Å². The lowest BCUT2D eigenvalue weighted by atomic mass is 10.2. The lowest BCUT2D eigenvalue weighted by molar-refractivity contribution is -0.393. The highest BCUT2D eigenvalue weighted by Gasteiger charge is 2.19. The minimum absolute atomic E-state index is 0.0138. The molecule has 11 heteroatoms. The molecule has 1 N–H and O–H groups in total. The van der Waals surface area contributed by atoms with Gasteiger partial charge in [0.2, 0.25) is 0 Å². The number of nitro groups is 2. The Morgan fingerprint density at radius 3 is 2.44 bits per heavy atom. The van der Waals surface area contributed by atoms with Gasteiger partial charge in [0.25, 0.3) is 5.69 Å². The molecule has 0 saturated heterocycles. The molecule has 2 aromatic carbocycles. The number of rotatable bonds is 8. The molecule has 11 nitrogen and oxygen atoms in total. The molecule has 0 unspecified atom stereocenters. The van der Waals surface area contributed by atoms with Crippen molar-refractivity contribution in [3.8, 4) is 5.75 Å². The summed E-state index contributed by atoms with van der Waals surface area (Å²) in [6.07, 6.45) is 1.40. The molecule has 0 aliphatic rings. The highest BCUT2D eigenvalue weighted by Crippen LogP contribution is 2.28. The molecule has 27 heavy (non-hydrogen) atoms. The number of nitrogens with zero attached hydrogens (tertiary/aromatic N) is 3. The van der Waals surface area contributed by atoms with Gasteiger partial charge in [-0.15, -0.1) is 0 Å². The summed E-state index contributed by atoms with van der Waals surface area (Å²) in [5.41, 5.74) is 2.29. The zero-order valence-electron chi connectivity index (χ0n) is 14.0. The number of carbonyl (C=O) groups excluding carboxylic acids is 1. The van der Waals surface area contributed by atoms with Crippen molar-refractivity contribution in [3.05, 3.63) is 68.3 Å². The van der Waals surface area contributed by atoms with Crippen molar-refractivity contribution < 1.29 is 24.1 Å². The van der Waals surface area contributed by atoms with E-state index in [4.69, 9.17) is 4.74 Å². The first-order valence-electron chi connectivity index (χ1n) is 7.42. The smallest absolute Gasteiger partial charge is 0.343 e. The Kier molecular flexibility index (Phi) is 6.36. The number of nitro benzene ring substituents is 2. The molecule has 0 radical (unpaired) electrons. The molecule has 0 spiro atoms. The second kappa shape index (κ2) is 8.89. The molecule has 2 aromatic rings. The van der Waals surface area contributed by atoms with Gasteiger partial charge in [-0.2, -0.15) is 5.10 Å². The number of ether oxygens (including phenoxy) is 2. The van der Waals surface area contributed by atoms with E-state index in [1.54, 1.807) is 24.3 Å². The fourth-order valence-corrected chi connectivity index (χ4v) is 1.91. The third-order valence-electron chi connectivity index (χ3n) is 3.25. The largest absolute Gasteiger partial charge is 0.482 e. The first-order chi connectivity index (χ1) is 12.9. The van der Waals surface area contributed by atoms with Gasteiger partial charge in [-0.3, -0.25) is 25.7 Å². The Morgan fingerprint density at radius 1 is 1.15 bits per heavy atom. The average Bonchev–Trinajstić information content (AvgIpc) is 2.66. The quantitative estimate of drug-likeness (QED) is 0.321. The van der Waals surface area contributed by atoms with Gasteiger partial charge in [0.1, 0.15) is 11.4 Å². The summed E-state index contributed by atoms with van der Waals surface area (Å²) in [6, 6.07) is 9.72. The summed E-state index contributed by atoms with van der Waals surface area (Å²) in [6.45, 7) is -0.213. The predicted octanol–water partition coefficient (Wildman–Crippen LogP) is 2.50. The van der Waals surface area contributed by atoms with E-state index in [1.165, 1.54) is 19.4 Å². The number of methoxy groups -OCH3 is 1. The number of benzene rings is 2. The van der Waals surface area contributed by atoms with Crippen molar-refractivity contribution in [2.24, 2.45) is 5.10 Å². The Labute approximate surface area is 152 Å². The first-order valence-corrected chi connectivity index (χ1v) is 7.42. The van der Waals surface area contributed by atoms with Crippen LogP contribution in [0.5, 0.6) is 5.75 Å². The maximum absolute atomic E-state index is 11.0. The second-order valence-corrected chi connectivity index (χ2v) is 5.02. The third kappa shape index (κ3) is 5.49. The van der Waals surface area contributed by atoms with Crippen LogP contribution in [0.15, 0.2) is 47.6 Å². The fraction of sp³-hybridized carbons (Fsp3) is 0.125. The van der Waals surface area contributed by atoms with E-state index in [9.17, 15) is 25.0 Å². The molecule has 0 bridgehead atoms. The van der Waals surface area contributed by atoms with Gasteiger partial charge in [-0.1, -0.05) is 0 Å². The van der Waals surface area contributed by atoms with Crippen LogP contribution in [0.2, 0.25) is 0 Å². The van der Waals surface area contributed by atoms with Crippen LogP contribution in [0.3, 0.4) is 0 Å². The zero-order valence-corrected chi connectivity index (χ0v) is 14.0. The number of esters is 1. The van der Waals surface area contributed by atoms with Crippen LogP contribution in [-0.4, -0.2) is 35.7 Å². The van der Waals surface area contributed by atoms with Crippen LogP contribution in [0, 0.1) is 20.2 Å². The van der Waals surface area contributed by atoms with Crippen molar-refractivity contribution >= 4 is 29.2 Å². The summed E-state index contributed by atoms with van der Waals surface area (Å²) in [4.78, 5) is 31.3. The van der Waals surface area contributed by atoms with E-state index in [1.807, 2.05) is 0 Å². The van der Waals surface area contributed by atoms with Gasteiger partial charge >= 0.3 is 11.7 Å². The SMILES string of the molecule is COC(=O)COc1ccc(/C=N/Nc2ccc([N+](=O)[O-])cc2[N+](=O)[O-])cc1. The van der Waals surface area contributed by atoms with Gasteiger partial charge < -0.3 is 9.47 Å². The molecule has 0 fully saturated rings. The number of non-ortho nitro benzene ring substituents is 1. The Bertz CT molecular complexity index is 881. The number of hydrogen-bond donors (Lipinski definition) is 1. The van der Waals surface area contributed by atoms with Crippen molar-refractivity contribution in [1.29, 1.82) is 0 Å². The summed E-state index contributed by atoms with van der Waals surface area (Å²) in [5.74, 6) is -0.0500. The molecule has 0 saturated carbocycles. The monoisotopic (exact) mass is 374 g/mol. The maximum atomic E-state index is 11.0. The zero-order chi connectivity index (χ0) is 19.8. The molecular formula is C16H14N4O7. The second-order valence-electron chi connectivity index (χ2n) is 5.02. The summed E-state index contributed by atoms with van der Waals surface area (Å²) < 4.78 is 9.65. The maximum Gasteiger partial charge on any atom is 0.343 e. The number of hydrogen-bond acceptors (Lipinski definition) is 9. The topological polar surface area (TPSA) is 146 Å². The van der Waals surface area contributed by atoms with Crippen LogP contribution in [0.4, 0.5) is 17.1 Å². The predicted molar refractivity (Wildman–Crippen MR) is 94.9 cm³/mol. The van der Waals surface area contributed by atoms with Crippen molar-refractivity contribution in [2.75, 3.05) is 19.1 Å². The van der Waals surface area contributed by atoms with Crippen molar-refractivity contribution in [2.45, 2.75) is 0 Å². The van der Waals surface area contributed by atoms with Crippen molar-refractivity contribution in [3.63, 3.8) is 0 Å². The van der Waals surface area contributed by atoms with Gasteiger partial charge in [0, 0.05) is 6.07 Å². The van der Waals surface area contributed by atoms with Crippen LogP contribution in [0.1, 0.15) is 5.56 Å². The van der Waals surface area contributed by atoms with E-state index >= 15 is 0 Å². The standard InChI is InChI=1S/C16H14N4O7/c1-26-16(21)10-27-13-5-2-11(3-6-13)9-17-18-14-7-4-12(19(22)23)8-15(14)20(24)25/h2-9,18H,10H2,1H3/b17-9+. The third-order valence-corrected chi connectivity index (χ3v) is 3.25. The van der Waals surface area contributed by atoms with Gasteiger partial charge in [0.05, 0.1) is 29.2 Å². The van der Waals surface area contributed by atoms with E-state index in [0.29, 0.717) is 11.3 Å². The number of carbonyl (C=O) groups is 1. The van der Waals surface area contributed by atoms with E-state index in [-0.39, 0.29) is 12.3 Å². The molecule has 0 aromatic heterocycles. The Balaban J connectivity index is 2.03. The molecule has 0 amide bonds. The van der Waals surface area contributed by atoms with Crippen LogP contribution in [-0.2, 0) is 9.53 Å². The number of nitrogens with one attached hydrogen (secondary N) is 1. The Morgan fingerprint density at radius 2 is 1.85 bits per heavy atom. The Hall–Kier alpha value is -4.02. The molecule has 140 valence electrons. The van der Waals surface area contributed by atoms with Crippen LogP contribution in [0.25, 0.3) is 0 Å². The van der Waals surface area contributed by atoms with Crippen LogP contribution < -0.4 is 10.2 Å². The molecule has 0 aliphatic carbocycles. The summed E-state index contributed by atoms with van der Waals surface area (Å²) >= 11 is 0. The summed E-state index contributed by atoms with van der Waals surface area (Å²) in [7, 11) is 1.26. The van der Waals surface area contributed by atoms with Gasteiger partial charge in [-0.05, 0) is 35.9 Å². The number of anilines is 1. The number of hydrazone groups is 1. The lowest BCUT2D eigenvalue weighted by Crippen LogP contribution is -2.12. The normalized spacial score (nSPS) is 10.4. The molecule has 0 heterocycles. The minimum Gasteiger partial charge on any atom is -0.482 e. The minimum atomic E-state index is -0.738. The van der Waals surface area contributed by atoms with Gasteiger partial charge in [0.15, 0.2) is 6.61 Å². The van der Waals surface area contributed by atoms with E-state index in [0.717, 1.165) is 12.1 Å². The van der Waals surface area contributed by atoms with Crippen molar-refractivity contribution in [1.82, 2.24) is 0 Å². The van der Waals surface area contributed by atoms with E-state index in [2.05, 4.69) is 15.3 Å². The molecule has 2 rings (SSSR count). The highest BCUT2D eigenvalue weighted by atomic mass is 16.6. The summed E-state index contributed by atoms with van der Waals surface area (Å²) in [5, 5.41) is 25.6. The molecular weight excluding hydrogens is 360 g/mol.